The summed E-state index contributed by atoms with van der Waals surface area (Å²) in [5.74, 6) is -1.25. The number of hydrogen-bond acceptors (Lipinski definition) is 4. The lowest BCUT2D eigenvalue weighted by Crippen LogP contribution is -2.34. The fourth-order valence-electron chi connectivity index (χ4n) is 3.02. The Bertz CT molecular complexity index is 975. The van der Waals surface area contributed by atoms with Crippen LogP contribution < -0.4 is 4.72 Å². The van der Waals surface area contributed by atoms with Gasteiger partial charge in [0.25, 0.3) is 15.9 Å². The van der Waals surface area contributed by atoms with E-state index in [0.29, 0.717) is 18.5 Å². The van der Waals surface area contributed by atoms with Crippen molar-refractivity contribution in [2.24, 2.45) is 5.41 Å². The van der Waals surface area contributed by atoms with Crippen LogP contribution in [0.1, 0.15) is 23.7 Å². The van der Waals surface area contributed by atoms with Crippen LogP contribution in [0.3, 0.4) is 0 Å². The summed E-state index contributed by atoms with van der Waals surface area (Å²) in [5.41, 5.74) is -0.384. The Hall–Kier alpha value is -2.87. The summed E-state index contributed by atoms with van der Waals surface area (Å²) < 4.78 is 27.3. The minimum Gasteiger partial charge on any atom is -0.481 e. The van der Waals surface area contributed by atoms with E-state index in [9.17, 15) is 23.1 Å². The molecule has 2 aromatic rings. The molecule has 1 aliphatic heterocycles. The highest BCUT2D eigenvalue weighted by Crippen LogP contribution is 2.31. The van der Waals surface area contributed by atoms with Gasteiger partial charge in [0, 0.05) is 24.3 Å². The quantitative estimate of drug-likeness (QED) is 0.819. The first-order chi connectivity index (χ1) is 12.7. The average Bonchev–Trinajstić information content (AvgIpc) is 3.05. The first-order valence-corrected chi connectivity index (χ1v) is 9.90. The number of nitrogens with zero attached hydrogens (tertiary/aromatic N) is 1. The average molecular weight is 388 g/mol. The third-order valence-corrected chi connectivity index (χ3v) is 6.09. The molecule has 1 heterocycles. The smallest absolute Gasteiger partial charge is 0.311 e. The Morgan fingerprint density at radius 3 is 2.44 bits per heavy atom. The van der Waals surface area contributed by atoms with Crippen molar-refractivity contribution < 1.29 is 23.1 Å². The molecular formula is C19H20N2O5S. The van der Waals surface area contributed by atoms with Gasteiger partial charge in [0.1, 0.15) is 0 Å². The second kappa shape index (κ2) is 7.03. The molecule has 27 heavy (non-hydrogen) atoms. The molecule has 1 unspecified atom stereocenters. The Kier molecular flexibility index (Phi) is 4.93. The van der Waals surface area contributed by atoms with Crippen LogP contribution in [0.25, 0.3) is 0 Å². The number of benzene rings is 2. The van der Waals surface area contributed by atoms with Crippen LogP contribution in [-0.2, 0) is 14.8 Å². The number of carboxylic acid groups (broad SMARTS) is 1. The highest BCUT2D eigenvalue weighted by Gasteiger charge is 2.42. The Morgan fingerprint density at radius 2 is 1.81 bits per heavy atom. The van der Waals surface area contributed by atoms with Gasteiger partial charge in [0.2, 0.25) is 0 Å². The predicted octanol–water partition coefficient (Wildman–Crippen LogP) is 2.42. The molecule has 7 nitrogen and oxygen atoms in total. The zero-order valence-corrected chi connectivity index (χ0v) is 15.6. The third-order valence-electron chi connectivity index (χ3n) is 4.69. The summed E-state index contributed by atoms with van der Waals surface area (Å²) in [6, 6.07) is 14.1. The zero-order valence-electron chi connectivity index (χ0n) is 14.8. The summed E-state index contributed by atoms with van der Waals surface area (Å²) in [7, 11) is -3.76. The molecule has 0 aliphatic carbocycles. The highest BCUT2D eigenvalue weighted by atomic mass is 32.2. The molecule has 1 amide bonds. The molecule has 1 atom stereocenters. The van der Waals surface area contributed by atoms with Crippen LogP contribution in [0.5, 0.6) is 0 Å². The number of nitrogens with one attached hydrogen (secondary N) is 1. The lowest BCUT2D eigenvalue weighted by Gasteiger charge is -2.20. The van der Waals surface area contributed by atoms with Crippen LogP contribution in [0.4, 0.5) is 5.69 Å². The number of hydrogen-bond donors (Lipinski definition) is 2. The summed E-state index contributed by atoms with van der Waals surface area (Å²) in [5, 5.41) is 9.31. The summed E-state index contributed by atoms with van der Waals surface area (Å²) in [4.78, 5) is 25.7. The monoisotopic (exact) mass is 388 g/mol. The van der Waals surface area contributed by atoms with Gasteiger partial charge in [-0.05, 0) is 43.7 Å². The van der Waals surface area contributed by atoms with Crippen LogP contribution >= 0.6 is 0 Å². The number of anilines is 1. The molecule has 0 spiro atoms. The van der Waals surface area contributed by atoms with Crippen molar-refractivity contribution in [2.45, 2.75) is 18.2 Å². The molecule has 142 valence electrons. The molecule has 0 aromatic heterocycles. The standard InChI is InChI=1S/C19H20N2O5S/c1-19(18(23)24)10-11-21(13-19)17(22)14-6-5-7-15(12-14)20-27(25,26)16-8-3-2-4-9-16/h2-9,12,20H,10-11,13H2,1H3,(H,23,24). The molecule has 0 bridgehead atoms. The van der Waals surface area contributed by atoms with Crippen molar-refractivity contribution >= 4 is 27.6 Å². The number of carboxylic acids is 1. The normalized spacial score (nSPS) is 19.7. The third kappa shape index (κ3) is 3.95. The molecular weight excluding hydrogens is 368 g/mol. The van der Waals surface area contributed by atoms with Crippen molar-refractivity contribution in [3.05, 3.63) is 60.2 Å². The van der Waals surface area contributed by atoms with E-state index in [2.05, 4.69) is 4.72 Å². The number of sulfonamides is 1. The predicted molar refractivity (Wildman–Crippen MR) is 100.0 cm³/mol. The maximum atomic E-state index is 12.7. The van der Waals surface area contributed by atoms with Gasteiger partial charge in [-0.25, -0.2) is 8.42 Å². The van der Waals surface area contributed by atoms with Gasteiger partial charge in [0.15, 0.2) is 0 Å². The molecule has 2 N–H and O–H groups in total. The summed E-state index contributed by atoms with van der Waals surface area (Å²) in [6.07, 6.45) is 0.383. The largest absolute Gasteiger partial charge is 0.481 e. The number of amides is 1. The highest BCUT2D eigenvalue weighted by molar-refractivity contribution is 7.92. The number of carbonyl (C=O) groups is 2. The number of likely N-dealkylation sites (tertiary alicyclic amines) is 1. The molecule has 0 radical (unpaired) electrons. The van der Waals surface area contributed by atoms with Crippen molar-refractivity contribution in [2.75, 3.05) is 17.8 Å². The number of rotatable bonds is 5. The Labute approximate surface area is 157 Å². The summed E-state index contributed by atoms with van der Waals surface area (Å²) >= 11 is 0. The van der Waals surface area contributed by atoms with Crippen molar-refractivity contribution in [3.63, 3.8) is 0 Å². The molecule has 8 heteroatoms. The molecule has 3 rings (SSSR count). The fraction of sp³-hybridized carbons (Fsp3) is 0.263. The SMILES string of the molecule is CC1(C(=O)O)CCN(C(=O)c2cccc(NS(=O)(=O)c3ccccc3)c2)C1. The van der Waals surface area contributed by atoms with Crippen LogP contribution in [-0.4, -0.2) is 43.4 Å². The second-order valence-corrected chi connectivity index (χ2v) is 8.52. The minimum absolute atomic E-state index is 0.124. The maximum absolute atomic E-state index is 12.7. The minimum atomic E-state index is -3.76. The topological polar surface area (TPSA) is 104 Å². The molecule has 1 fully saturated rings. The van der Waals surface area contributed by atoms with E-state index < -0.39 is 21.4 Å². The van der Waals surface area contributed by atoms with Gasteiger partial charge in [-0.15, -0.1) is 0 Å². The van der Waals surface area contributed by atoms with Gasteiger partial charge in [-0.1, -0.05) is 24.3 Å². The zero-order chi connectivity index (χ0) is 19.7. The van der Waals surface area contributed by atoms with E-state index in [0.717, 1.165) is 0 Å². The molecule has 1 saturated heterocycles. The Morgan fingerprint density at radius 1 is 1.11 bits per heavy atom. The molecule has 1 aliphatic rings. The molecule has 2 aromatic carbocycles. The summed E-state index contributed by atoms with van der Waals surface area (Å²) in [6.45, 7) is 2.09. The molecule has 0 saturated carbocycles. The van der Waals surface area contributed by atoms with Gasteiger partial charge >= 0.3 is 5.97 Å². The lowest BCUT2D eigenvalue weighted by atomic mass is 9.90. The number of carbonyl (C=O) groups excluding carboxylic acids is 1. The van der Waals surface area contributed by atoms with Crippen molar-refractivity contribution in [1.29, 1.82) is 0 Å². The Balaban J connectivity index is 1.78. The van der Waals surface area contributed by atoms with Crippen LogP contribution in [0.15, 0.2) is 59.5 Å². The lowest BCUT2D eigenvalue weighted by molar-refractivity contribution is -0.147. The van der Waals surface area contributed by atoms with E-state index in [4.69, 9.17) is 0 Å². The van der Waals surface area contributed by atoms with E-state index in [1.165, 1.54) is 23.1 Å². The van der Waals surface area contributed by atoms with E-state index in [-0.39, 0.29) is 23.0 Å². The van der Waals surface area contributed by atoms with Gasteiger partial charge < -0.3 is 10.0 Å². The first-order valence-electron chi connectivity index (χ1n) is 8.42. The fourth-order valence-corrected chi connectivity index (χ4v) is 4.09. The van der Waals surface area contributed by atoms with E-state index in [1.807, 2.05) is 0 Å². The van der Waals surface area contributed by atoms with Gasteiger partial charge in [-0.2, -0.15) is 0 Å². The van der Waals surface area contributed by atoms with Crippen LogP contribution in [0.2, 0.25) is 0 Å². The van der Waals surface area contributed by atoms with E-state index in [1.54, 1.807) is 43.3 Å². The second-order valence-electron chi connectivity index (χ2n) is 6.84. The maximum Gasteiger partial charge on any atom is 0.311 e. The first kappa shape index (κ1) is 18.9. The number of aliphatic carboxylic acids is 1. The van der Waals surface area contributed by atoms with Crippen molar-refractivity contribution in [3.8, 4) is 0 Å². The van der Waals surface area contributed by atoms with Gasteiger partial charge in [-0.3, -0.25) is 14.3 Å². The van der Waals surface area contributed by atoms with Crippen LogP contribution in [0, 0.1) is 5.41 Å². The van der Waals surface area contributed by atoms with Gasteiger partial charge in [0.05, 0.1) is 10.3 Å². The van der Waals surface area contributed by atoms with E-state index >= 15 is 0 Å². The van der Waals surface area contributed by atoms with Crippen molar-refractivity contribution in [1.82, 2.24) is 4.90 Å².